The SMILES string of the molecule is CCC(=O)NCCN(c1cc(C)c(Cl)cc1OC)S(C)(=O)=O. The van der Waals surface area contributed by atoms with Crippen LogP contribution >= 0.6 is 11.6 Å². The second-order valence-electron chi connectivity index (χ2n) is 4.81. The fourth-order valence-corrected chi connectivity index (χ4v) is 2.97. The Morgan fingerprint density at radius 3 is 2.55 bits per heavy atom. The van der Waals surface area contributed by atoms with Crippen LogP contribution in [0.4, 0.5) is 5.69 Å². The number of hydrogen-bond acceptors (Lipinski definition) is 4. The molecule has 1 aromatic rings. The van der Waals surface area contributed by atoms with E-state index < -0.39 is 10.0 Å². The highest BCUT2D eigenvalue weighted by Crippen LogP contribution is 2.34. The lowest BCUT2D eigenvalue weighted by Crippen LogP contribution is -2.38. The highest BCUT2D eigenvalue weighted by Gasteiger charge is 2.22. The van der Waals surface area contributed by atoms with E-state index >= 15 is 0 Å². The van der Waals surface area contributed by atoms with Crippen molar-refractivity contribution in [1.29, 1.82) is 0 Å². The fraction of sp³-hybridized carbons (Fsp3) is 0.500. The molecule has 8 heteroatoms. The number of carbonyl (C=O) groups excluding carboxylic acids is 1. The summed E-state index contributed by atoms with van der Waals surface area (Å²) in [5.74, 6) is 0.232. The molecule has 0 atom stereocenters. The van der Waals surface area contributed by atoms with Gasteiger partial charge in [0.1, 0.15) is 5.75 Å². The Labute approximate surface area is 136 Å². The third-order valence-corrected chi connectivity index (χ3v) is 4.67. The van der Waals surface area contributed by atoms with Gasteiger partial charge in [-0.05, 0) is 18.6 Å². The number of amides is 1. The molecule has 1 aromatic carbocycles. The number of rotatable bonds is 7. The van der Waals surface area contributed by atoms with Gasteiger partial charge in [0, 0.05) is 24.1 Å². The van der Waals surface area contributed by atoms with E-state index in [1.807, 2.05) is 0 Å². The number of anilines is 1. The second-order valence-corrected chi connectivity index (χ2v) is 7.13. The van der Waals surface area contributed by atoms with E-state index in [9.17, 15) is 13.2 Å². The van der Waals surface area contributed by atoms with Gasteiger partial charge in [0.25, 0.3) is 0 Å². The lowest BCUT2D eigenvalue weighted by molar-refractivity contribution is -0.120. The molecule has 0 fully saturated rings. The van der Waals surface area contributed by atoms with Crippen LogP contribution in [-0.4, -0.2) is 40.8 Å². The molecule has 0 heterocycles. The minimum atomic E-state index is -3.53. The number of nitrogens with zero attached hydrogens (tertiary/aromatic N) is 1. The zero-order valence-corrected chi connectivity index (χ0v) is 14.7. The van der Waals surface area contributed by atoms with Crippen LogP contribution in [0.1, 0.15) is 18.9 Å². The van der Waals surface area contributed by atoms with Gasteiger partial charge in [-0.3, -0.25) is 9.10 Å². The van der Waals surface area contributed by atoms with Gasteiger partial charge in [0.05, 0.1) is 25.6 Å². The largest absolute Gasteiger partial charge is 0.494 e. The Morgan fingerprint density at radius 1 is 1.41 bits per heavy atom. The first kappa shape index (κ1) is 18.6. The van der Waals surface area contributed by atoms with Gasteiger partial charge in [-0.1, -0.05) is 18.5 Å². The number of methoxy groups -OCH3 is 1. The molecule has 0 aliphatic rings. The van der Waals surface area contributed by atoms with Crippen molar-refractivity contribution in [2.75, 3.05) is 30.8 Å². The van der Waals surface area contributed by atoms with Crippen molar-refractivity contribution in [1.82, 2.24) is 5.32 Å². The number of halogens is 1. The minimum Gasteiger partial charge on any atom is -0.494 e. The average Bonchev–Trinajstić information content (AvgIpc) is 2.44. The molecule has 1 N–H and O–H groups in total. The highest BCUT2D eigenvalue weighted by molar-refractivity contribution is 7.92. The Bertz CT molecular complexity index is 646. The first-order valence-electron chi connectivity index (χ1n) is 6.79. The van der Waals surface area contributed by atoms with Crippen molar-refractivity contribution in [3.63, 3.8) is 0 Å². The van der Waals surface area contributed by atoms with Crippen LogP contribution < -0.4 is 14.4 Å². The van der Waals surface area contributed by atoms with Gasteiger partial charge in [0.15, 0.2) is 0 Å². The van der Waals surface area contributed by atoms with E-state index in [1.165, 1.54) is 11.4 Å². The molecule has 0 spiro atoms. The Kier molecular flexibility index (Phi) is 6.49. The topological polar surface area (TPSA) is 75.7 Å². The van der Waals surface area contributed by atoms with Crippen molar-refractivity contribution in [2.45, 2.75) is 20.3 Å². The molecule has 6 nitrogen and oxygen atoms in total. The summed E-state index contributed by atoms with van der Waals surface area (Å²) < 4.78 is 30.6. The molecule has 0 aliphatic heterocycles. The molecule has 0 aromatic heterocycles. The lowest BCUT2D eigenvalue weighted by atomic mass is 10.2. The Morgan fingerprint density at radius 2 is 2.05 bits per heavy atom. The van der Waals surface area contributed by atoms with Gasteiger partial charge in [-0.25, -0.2) is 8.42 Å². The molecule has 0 bridgehead atoms. The van der Waals surface area contributed by atoms with Crippen LogP contribution in [0.2, 0.25) is 5.02 Å². The molecular weight excluding hydrogens is 328 g/mol. The molecule has 124 valence electrons. The summed E-state index contributed by atoms with van der Waals surface area (Å²) in [7, 11) is -2.08. The van der Waals surface area contributed by atoms with Crippen LogP contribution in [0, 0.1) is 6.92 Å². The number of nitrogens with one attached hydrogen (secondary N) is 1. The molecule has 22 heavy (non-hydrogen) atoms. The summed E-state index contributed by atoms with van der Waals surface area (Å²) in [4.78, 5) is 11.3. The maximum absolute atomic E-state index is 12.1. The van der Waals surface area contributed by atoms with Crippen molar-refractivity contribution < 1.29 is 17.9 Å². The fourth-order valence-electron chi connectivity index (χ4n) is 1.89. The molecule has 0 saturated heterocycles. The number of benzene rings is 1. The minimum absolute atomic E-state index is 0.113. The summed E-state index contributed by atoms with van der Waals surface area (Å²) in [6, 6.07) is 3.24. The van der Waals surface area contributed by atoms with E-state index in [1.54, 1.807) is 26.0 Å². The van der Waals surface area contributed by atoms with Gasteiger partial charge in [-0.2, -0.15) is 0 Å². The summed E-state index contributed by atoms with van der Waals surface area (Å²) >= 11 is 6.04. The monoisotopic (exact) mass is 348 g/mol. The van der Waals surface area contributed by atoms with E-state index in [0.717, 1.165) is 11.8 Å². The van der Waals surface area contributed by atoms with Gasteiger partial charge in [0.2, 0.25) is 15.9 Å². The quantitative estimate of drug-likeness (QED) is 0.817. The van der Waals surface area contributed by atoms with Crippen molar-refractivity contribution in [3.8, 4) is 5.75 Å². The Hall–Kier alpha value is -1.47. The summed E-state index contributed by atoms with van der Waals surface area (Å²) in [5, 5.41) is 3.15. The standard InChI is InChI=1S/C14H21ClN2O4S/c1-5-14(18)16-6-7-17(22(4,19)20)12-8-10(2)11(15)9-13(12)21-3/h8-9H,5-7H2,1-4H3,(H,16,18). The van der Waals surface area contributed by atoms with Gasteiger partial charge >= 0.3 is 0 Å². The highest BCUT2D eigenvalue weighted by atomic mass is 35.5. The Balaban J connectivity index is 3.13. The van der Waals surface area contributed by atoms with Crippen molar-refractivity contribution in [3.05, 3.63) is 22.7 Å². The van der Waals surface area contributed by atoms with E-state index in [2.05, 4.69) is 5.32 Å². The zero-order valence-electron chi connectivity index (χ0n) is 13.1. The maximum atomic E-state index is 12.1. The predicted molar refractivity (Wildman–Crippen MR) is 88.2 cm³/mol. The zero-order chi connectivity index (χ0) is 16.9. The number of hydrogen-bond donors (Lipinski definition) is 1. The van der Waals surface area contributed by atoms with Gasteiger partial charge < -0.3 is 10.1 Å². The maximum Gasteiger partial charge on any atom is 0.232 e. The van der Waals surface area contributed by atoms with Gasteiger partial charge in [-0.15, -0.1) is 0 Å². The summed E-state index contributed by atoms with van der Waals surface area (Å²) in [6.45, 7) is 3.84. The predicted octanol–water partition coefficient (Wildman–Crippen LogP) is 1.95. The van der Waals surface area contributed by atoms with Crippen LogP contribution in [0.15, 0.2) is 12.1 Å². The lowest BCUT2D eigenvalue weighted by Gasteiger charge is -2.25. The van der Waals surface area contributed by atoms with Crippen LogP contribution in [0.25, 0.3) is 0 Å². The van der Waals surface area contributed by atoms with Crippen molar-refractivity contribution >= 4 is 33.2 Å². The molecule has 0 saturated carbocycles. The number of ether oxygens (including phenoxy) is 1. The van der Waals surface area contributed by atoms with E-state index in [-0.39, 0.29) is 19.0 Å². The summed E-state index contributed by atoms with van der Waals surface area (Å²) in [6.07, 6.45) is 1.46. The normalized spacial score (nSPS) is 11.1. The molecule has 1 rings (SSSR count). The molecular formula is C14H21ClN2O4S. The number of carbonyl (C=O) groups is 1. The van der Waals surface area contributed by atoms with Crippen LogP contribution in [0.3, 0.4) is 0 Å². The third-order valence-electron chi connectivity index (χ3n) is 3.09. The van der Waals surface area contributed by atoms with E-state index in [0.29, 0.717) is 22.9 Å². The van der Waals surface area contributed by atoms with Crippen LogP contribution in [-0.2, 0) is 14.8 Å². The second kappa shape index (κ2) is 7.69. The number of sulfonamides is 1. The molecule has 0 aliphatic carbocycles. The summed E-state index contributed by atoms with van der Waals surface area (Å²) in [5.41, 5.74) is 1.14. The number of aryl methyl sites for hydroxylation is 1. The first-order chi connectivity index (χ1) is 10.2. The third kappa shape index (κ3) is 4.78. The molecule has 0 unspecified atom stereocenters. The van der Waals surface area contributed by atoms with Crippen molar-refractivity contribution in [2.24, 2.45) is 0 Å². The molecule has 1 amide bonds. The van der Waals surface area contributed by atoms with E-state index in [4.69, 9.17) is 16.3 Å². The molecule has 0 radical (unpaired) electrons. The smallest absolute Gasteiger partial charge is 0.232 e. The van der Waals surface area contributed by atoms with Crippen LogP contribution in [0.5, 0.6) is 5.75 Å². The average molecular weight is 349 g/mol. The first-order valence-corrected chi connectivity index (χ1v) is 9.01.